The second-order valence-electron chi connectivity index (χ2n) is 7.65. The summed E-state index contributed by atoms with van der Waals surface area (Å²) in [5.74, 6) is -3.67. The third-order valence-electron chi connectivity index (χ3n) is 5.73. The summed E-state index contributed by atoms with van der Waals surface area (Å²) in [5, 5.41) is 2.83. The van der Waals surface area contributed by atoms with Gasteiger partial charge in [-0.3, -0.25) is 0 Å². The van der Waals surface area contributed by atoms with Gasteiger partial charge in [0.2, 0.25) is 0 Å². The van der Waals surface area contributed by atoms with Crippen LogP contribution in [0.15, 0.2) is 109 Å². The molecule has 0 N–H and O–H groups in total. The van der Waals surface area contributed by atoms with Crippen LogP contribution in [0.1, 0.15) is 11.1 Å². The van der Waals surface area contributed by atoms with E-state index >= 15 is 0 Å². The van der Waals surface area contributed by atoms with E-state index in [1.165, 1.54) is 6.07 Å². The predicted molar refractivity (Wildman–Crippen MR) is 131 cm³/mol. The molecule has 0 saturated heterocycles. The molecule has 0 saturated carbocycles. The Morgan fingerprint density at radius 3 is 1.38 bits per heavy atom. The van der Waals surface area contributed by atoms with Gasteiger partial charge in [-0.05, 0) is 0 Å². The van der Waals surface area contributed by atoms with Crippen molar-refractivity contribution in [3.05, 3.63) is 125 Å². The van der Waals surface area contributed by atoms with Gasteiger partial charge in [-0.25, -0.2) is 0 Å². The monoisotopic (exact) mass is 490 g/mol. The predicted octanol–water partition coefficient (Wildman–Crippen LogP) is 7.54. The van der Waals surface area contributed by atoms with Crippen LogP contribution in [0.5, 0.6) is 0 Å². The number of rotatable bonds is 5. The summed E-state index contributed by atoms with van der Waals surface area (Å²) >= 11 is 14.4. The SMILES string of the molecule is FC(F)(F)c1ccc(CP(Cl)(c2ccccc2)(c2ccccc2)c2ccccc2)c(Cl)c1. The van der Waals surface area contributed by atoms with E-state index in [-0.39, 0.29) is 11.2 Å². The molecular formula is C26H20Cl2F3P. The molecule has 0 aliphatic rings. The van der Waals surface area contributed by atoms with Crippen LogP contribution in [0.25, 0.3) is 0 Å². The van der Waals surface area contributed by atoms with Crippen molar-refractivity contribution in [3.8, 4) is 0 Å². The fourth-order valence-corrected chi connectivity index (χ4v) is 10.6. The molecule has 164 valence electrons. The van der Waals surface area contributed by atoms with Gasteiger partial charge in [-0.2, -0.15) is 0 Å². The molecule has 4 rings (SSSR count). The molecule has 6 heteroatoms. The third-order valence-corrected chi connectivity index (χ3v) is 13.3. The number of halogens is 5. The fraction of sp³-hybridized carbons (Fsp3) is 0.0769. The molecule has 0 nitrogen and oxygen atoms in total. The van der Waals surface area contributed by atoms with Crippen LogP contribution in [-0.2, 0) is 12.3 Å². The van der Waals surface area contributed by atoms with Crippen LogP contribution in [0.3, 0.4) is 0 Å². The van der Waals surface area contributed by atoms with E-state index in [9.17, 15) is 13.2 Å². The number of benzene rings is 4. The summed E-state index contributed by atoms with van der Waals surface area (Å²) in [6, 6.07) is 32.8. The van der Waals surface area contributed by atoms with E-state index in [0.29, 0.717) is 5.56 Å². The van der Waals surface area contributed by atoms with Crippen molar-refractivity contribution < 1.29 is 13.2 Å². The van der Waals surface area contributed by atoms with E-state index < -0.39 is 17.7 Å². The molecule has 0 aromatic heterocycles. The topological polar surface area (TPSA) is 0 Å². The number of alkyl halides is 3. The first-order valence-corrected chi connectivity index (χ1v) is 13.7. The van der Waals surface area contributed by atoms with Gasteiger partial charge in [0.25, 0.3) is 0 Å². The molecule has 0 spiro atoms. The quantitative estimate of drug-likeness (QED) is 0.253. The molecule has 32 heavy (non-hydrogen) atoms. The van der Waals surface area contributed by atoms with Crippen molar-refractivity contribution in [2.45, 2.75) is 12.3 Å². The Kier molecular flexibility index (Phi) is 6.11. The van der Waals surface area contributed by atoms with Gasteiger partial charge in [0, 0.05) is 0 Å². The van der Waals surface area contributed by atoms with Crippen LogP contribution in [-0.4, -0.2) is 0 Å². The van der Waals surface area contributed by atoms with Crippen LogP contribution in [0.4, 0.5) is 13.2 Å². The fourth-order valence-electron chi connectivity index (χ4n) is 4.11. The molecular weight excluding hydrogens is 471 g/mol. The Bertz CT molecular complexity index is 1110. The van der Waals surface area contributed by atoms with E-state index in [1.807, 2.05) is 91.0 Å². The summed E-state index contributed by atoms with van der Waals surface area (Å²) in [5.41, 5.74) is -0.204. The average molecular weight is 491 g/mol. The van der Waals surface area contributed by atoms with Crippen LogP contribution >= 0.6 is 28.8 Å². The molecule has 0 amide bonds. The summed E-state index contributed by atoms with van der Waals surface area (Å²) in [4.78, 5) is 0. The van der Waals surface area contributed by atoms with Crippen molar-refractivity contribution in [1.29, 1.82) is 0 Å². The van der Waals surface area contributed by atoms with Crippen molar-refractivity contribution >= 4 is 44.7 Å². The van der Waals surface area contributed by atoms with Gasteiger partial charge in [-0.1, -0.05) is 0 Å². The normalized spacial score (nSPS) is 13.3. The maximum atomic E-state index is 13.2. The minimum atomic E-state index is -4.47. The molecule has 0 aliphatic heterocycles. The van der Waals surface area contributed by atoms with E-state index in [1.54, 1.807) is 0 Å². The van der Waals surface area contributed by atoms with Crippen molar-refractivity contribution in [1.82, 2.24) is 0 Å². The first kappa shape index (κ1) is 22.9. The van der Waals surface area contributed by atoms with Gasteiger partial charge in [0.1, 0.15) is 0 Å². The Hall–Kier alpha value is -2.32. The molecule has 0 radical (unpaired) electrons. The van der Waals surface area contributed by atoms with Crippen LogP contribution in [0, 0.1) is 0 Å². The average Bonchev–Trinajstić information content (AvgIpc) is 2.81. The van der Waals surface area contributed by atoms with E-state index in [0.717, 1.165) is 28.0 Å². The Morgan fingerprint density at radius 2 is 1.03 bits per heavy atom. The van der Waals surface area contributed by atoms with E-state index in [4.69, 9.17) is 22.8 Å². The first-order chi connectivity index (χ1) is 15.2. The van der Waals surface area contributed by atoms with Crippen molar-refractivity contribution in [2.75, 3.05) is 0 Å². The maximum absolute atomic E-state index is 13.2. The summed E-state index contributed by atoms with van der Waals surface area (Å²) < 4.78 is 39.7. The summed E-state index contributed by atoms with van der Waals surface area (Å²) in [6.07, 6.45) is -4.19. The Morgan fingerprint density at radius 1 is 0.625 bits per heavy atom. The van der Waals surface area contributed by atoms with Gasteiger partial charge in [0.15, 0.2) is 0 Å². The van der Waals surface area contributed by atoms with Crippen LogP contribution < -0.4 is 15.9 Å². The standard InChI is InChI=1S/C26H20Cl2F3P/c27-25-18-21(26(29,30)31)17-16-20(25)19-32(28,22-10-4-1-5-11-22,23-12-6-2-7-13-23)24-14-8-3-9-15-24/h1-18H,19H2. The zero-order valence-electron chi connectivity index (χ0n) is 16.9. The summed E-state index contributed by atoms with van der Waals surface area (Å²) in [6.45, 7) is 0. The number of hydrogen-bond donors (Lipinski definition) is 0. The Labute approximate surface area is 195 Å². The van der Waals surface area contributed by atoms with Gasteiger partial charge >= 0.3 is 196 Å². The molecule has 0 bridgehead atoms. The zero-order valence-corrected chi connectivity index (χ0v) is 19.3. The first-order valence-electron chi connectivity index (χ1n) is 9.99. The molecule has 0 aliphatic carbocycles. The van der Waals surface area contributed by atoms with Crippen LogP contribution in [0.2, 0.25) is 5.02 Å². The number of hydrogen-bond acceptors (Lipinski definition) is 0. The second-order valence-corrected chi connectivity index (χ2v) is 14.5. The zero-order chi connectivity index (χ0) is 22.8. The minimum absolute atomic E-state index is 0.0530. The van der Waals surface area contributed by atoms with Gasteiger partial charge < -0.3 is 0 Å². The molecule has 0 atom stereocenters. The van der Waals surface area contributed by atoms with Crippen molar-refractivity contribution in [3.63, 3.8) is 0 Å². The third kappa shape index (κ3) is 3.94. The molecule has 0 fully saturated rings. The van der Waals surface area contributed by atoms with Crippen molar-refractivity contribution in [2.24, 2.45) is 0 Å². The Balaban J connectivity index is 2.03. The second kappa shape index (κ2) is 8.56. The molecule has 4 aromatic rings. The molecule has 0 unspecified atom stereocenters. The summed E-state index contributed by atoms with van der Waals surface area (Å²) in [7, 11) is 0. The van der Waals surface area contributed by atoms with E-state index in [2.05, 4.69) is 0 Å². The van der Waals surface area contributed by atoms with Gasteiger partial charge in [-0.15, -0.1) is 0 Å². The molecule has 0 heterocycles. The molecule has 4 aromatic carbocycles. The van der Waals surface area contributed by atoms with Gasteiger partial charge in [0.05, 0.1) is 0 Å².